The molecule has 18 heavy (non-hydrogen) atoms. The Kier molecular flexibility index (Phi) is 4.02. The highest BCUT2D eigenvalue weighted by Gasteiger charge is 2.30. The second-order valence-corrected chi connectivity index (χ2v) is 4.67. The van der Waals surface area contributed by atoms with E-state index in [1.807, 2.05) is 0 Å². The lowest BCUT2D eigenvalue weighted by atomic mass is 9.94. The molecule has 2 atom stereocenters. The quantitative estimate of drug-likeness (QED) is 0.806. The van der Waals surface area contributed by atoms with Crippen LogP contribution in [0.3, 0.4) is 0 Å². The fraction of sp³-hybridized carbons (Fsp3) is 0.538. The standard InChI is InChI=1S/C13H17NO4/c15-12(9-6-7-18-8-9)14-11-5-3-1-2-4-10(11)13(16)17/h6-8,10-11H,1-5H2,(H,14,15)(H,16,17)/t10-,11+/m1/s1. The number of amides is 1. The highest BCUT2D eigenvalue weighted by Crippen LogP contribution is 2.24. The maximum atomic E-state index is 11.9. The minimum absolute atomic E-state index is 0.262. The molecule has 0 unspecified atom stereocenters. The number of carbonyl (C=O) groups is 2. The number of carboxylic acid groups (broad SMARTS) is 1. The van der Waals surface area contributed by atoms with Gasteiger partial charge in [0.05, 0.1) is 17.7 Å². The summed E-state index contributed by atoms with van der Waals surface area (Å²) < 4.78 is 4.85. The molecule has 1 saturated carbocycles. The Labute approximate surface area is 105 Å². The average Bonchev–Trinajstić information content (AvgIpc) is 2.77. The van der Waals surface area contributed by atoms with Crippen LogP contribution in [-0.2, 0) is 4.79 Å². The molecule has 0 spiro atoms. The third kappa shape index (κ3) is 2.91. The summed E-state index contributed by atoms with van der Waals surface area (Å²) in [7, 11) is 0. The summed E-state index contributed by atoms with van der Waals surface area (Å²) in [5.41, 5.74) is 0.434. The lowest BCUT2D eigenvalue weighted by molar-refractivity contribution is -0.142. The number of carbonyl (C=O) groups excluding carboxylic acids is 1. The minimum Gasteiger partial charge on any atom is -0.481 e. The van der Waals surface area contributed by atoms with Gasteiger partial charge >= 0.3 is 5.97 Å². The summed E-state index contributed by atoms with van der Waals surface area (Å²) in [6.07, 6.45) is 7.04. The molecule has 0 aromatic carbocycles. The SMILES string of the molecule is O=C(N[C@H]1CCCCC[C@H]1C(=O)O)c1ccoc1. The van der Waals surface area contributed by atoms with E-state index in [0.717, 1.165) is 25.7 Å². The summed E-state index contributed by atoms with van der Waals surface area (Å²) in [5.74, 6) is -1.57. The molecule has 2 rings (SSSR count). The van der Waals surface area contributed by atoms with Crippen LogP contribution in [0.5, 0.6) is 0 Å². The second-order valence-electron chi connectivity index (χ2n) is 4.67. The number of carboxylic acids is 1. The maximum Gasteiger partial charge on any atom is 0.308 e. The van der Waals surface area contributed by atoms with E-state index in [1.54, 1.807) is 6.07 Å². The van der Waals surface area contributed by atoms with Crippen molar-refractivity contribution in [3.05, 3.63) is 24.2 Å². The van der Waals surface area contributed by atoms with Gasteiger partial charge in [0.25, 0.3) is 5.91 Å². The molecular weight excluding hydrogens is 234 g/mol. The van der Waals surface area contributed by atoms with Crippen molar-refractivity contribution in [2.45, 2.75) is 38.1 Å². The Balaban J connectivity index is 2.04. The Morgan fingerprint density at radius 1 is 1.28 bits per heavy atom. The third-order valence-electron chi connectivity index (χ3n) is 3.43. The summed E-state index contributed by atoms with van der Waals surface area (Å²) in [4.78, 5) is 23.1. The van der Waals surface area contributed by atoms with Gasteiger partial charge in [-0.2, -0.15) is 0 Å². The van der Waals surface area contributed by atoms with Crippen molar-refractivity contribution in [3.63, 3.8) is 0 Å². The molecule has 98 valence electrons. The van der Waals surface area contributed by atoms with Gasteiger partial charge in [-0.3, -0.25) is 9.59 Å². The number of rotatable bonds is 3. The van der Waals surface area contributed by atoms with Gasteiger partial charge in [-0.25, -0.2) is 0 Å². The van der Waals surface area contributed by atoms with E-state index in [9.17, 15) is 14.7 Å². The summed E-state index contributed by atoms with van der Waals surface area (Å²) >= 11 is 0. The van der Waals surface area contributed by atoms with Crippen molar-refractivity contribution in [2.75, 3.05) is 0 Å². The van der Waals surface area contributed by atoms with Gasteiger partial charge in [0.15, 0.2) is 0 Å². The lowest BCUT2D eigenvalue weighted by Crippen LogP contribution is -2.42. The van der Waals surface area contributed by atoms with Crippen LogP contribution in [0.4, 0.5) is 0 Å². The lowest BCUT2D eigenvalue weighted by Gasteiger charge is -2.22. The Morgan fingerprint density at radius 2 is 2.06 bits per heavy atom. The van der Waals surface area contributed by atoms with Crippen LogP contribution in [-0.4, -0.2) is 23.0 Å². The minimum atomic E-state index is -0.825. The molecule has 5 nitrogen and oxygen atoms in total. The number of furan rings is 1. The average molecular weight is 251 g/mol. The van der Waals surface area contributed by atoms with E-state index in [0.29, 0.717) is 12.0 Å². The van der Waals surface area contributed by atoms with Gasteiger partial charge in [-0.15, -0.1) is 0 Å². The number of nitrogens with one attached hydrogen (secondary N) is 1. The van der Waals surface area contributed by atoms with Crippen LogP contribution in [0.15, 0.2) is 23.0 Å². The van der Waals surface area contributed by atoms with Gasteiger partial charge in [0, 0.05) is 6.04 Å². The molecule has 5 heteroatoms. The Morgan fingerprint density at radius 3 is 2.72 bits per heavy atom. The zero-order chi connectivity index (χ0) is 13.0. The summed E-state index contributed by atoms with van der Waals surface area (Å²) in [5, 5.41) is 12.0. The monoisotopic (exact) mass is 251 g/mol. The van der Waals surface area contributed by atoms with E-state index in [1.165, 1.54) is 12.5 Å². The van der Waals surface area contributed by atoms with Gasteiger partial charge in [-0.1, -0.05) is 19.3 Å². The number of hydrogen-bond donors (Lipinski definition) is 2. The highest BCUT2D eigenvalue weighted by molar-refractivity contribution is 5.94. The molecule has 2 N–H and O–H groups in total. The van der Waals surface area contributed by atoms with Crippen LogP contribution in [0, 0.1) is 5.92 Å². The molecule has 0 radical (unpaired) electrons. The summed E-state index contributed by atoms with van der Waals surface area (Å²) in [6, 6.07) is 1.29. The molecule has 1 aromatic rings. The molecule has 1 aliphatic carbocycles. The van der Waals surface area contributed by atoms with E-state index < -0.39 is 11.9 Å². The van der Waals surface area contributed by atoms with Crippen LogP contribution in [0.1, 0.15) is 42.5 Å². The molecule has 0 saturated heterocycles. The van der Waals surface area contributed by atoms with Crippen molar-refractivity contribution >= 4 is 11.9 Å². The van der Waals surface area contributed by atoms with Crippen LogP contribution in [0.2, 0.25) is 0 Å². The molecule has 1 aromatic heterocycles. The molecule has 1 heterocycles. The molecule has 1 amide bonds. The van der Waals surface area contributed by atoms with Crippen LogP contribution < -0.4 is 5.32 Å². The second kappa shape index (κ2) is 5.71. The molecule has 0 bridgehead atoms. The first kappa shape index (κ1) is 12.7. The first-order valence-corrected chi connectivity index (χ1v) is 6.24. The highest BCUT2D eigenvalue weighted by atomic mass is 16.4. The number of aliphatic carboxylic acids is 1. The summed E-state index contributed by atoms with van der Waals surface area (Å²) in [6.45, 7) is 0. The van der Waals surface area contributed by atoms with Gasteiger partial charge < -0.3 is 14.8 Å². The van der Waals surface area contributed by atoms with Crippen molar-refractivity contribution in [1.82, 2.24) is 5.32 Å². The van der Waals surface area contributed by atoms with E-state index in [-0.39, 0.29) is 11.9 Å². The fourth-order valence-electron chi connectivity index (χ4n) is 2.42. The normalized spacial score (nSPS) is 24.2. The zero-order valence-corrected chi connectivity index (χ0v) is 10.1. The Bertz CT molecular complexity index is 413. The van der Waals surface area contributed by atoms with Crippen molar-refractivity contribution in [2.24, 2.45) is 5.92 Å². The fourth-order valence-corrected chi connectivity index (χ4v) is 2.42. The number of hydrogen-bond acceptors (Lipinski definition) is 3. The third-order valence-corrected chi connectivity index (χ3v) is 3.43. The molecular formula is C13H17NO4. The zero-order valence-electron chi connectivity index (χ0n) is 10.1. The van der Waals surface area contributed by atoms with Crippen molar-refractivity contribution in [3.8, 4) is 0 Å². The van der Waals surface area contributed by atoms with Gasteiger partial charge in [-0.05, 0) is 18.9 Å². The van der Waals surface area contributed by atoms with Crippen molar-refractivity contribution < 1.29 is 19.1 Å². The van der Waals surface area contributed by atoms with Gasteiger partial charge in [0.2, 0.25) is 0 Å². The topological polar surface area (TPSA) is 79.5 Å². The first-order valence-electron chi connectivity index (χ1n) is 6.24. The van der Waals surface area contributed by atoms with Gasteiger partial charge in [0.1, 0.15) is 6.26 Å². The van der Waals surface area contributed by atoms with Crippen molar-refractivity contribution in [1.29, 1.82) is 0 Å². The van der Waals surface area contributed by atoms with Crippen LogP contribution in [0.25, 0.3) is 0 Å². The first-order chi connectivity index (χ1) is 8.68. The molecule has 0 aliphatic heterocycles. The molecule has 1 aliphatic rings. The predicted molar refractivity (Wildman–Crippen MR) is 64.2 cm³/mol. The maximum absolute atomic E-state index is 11.9. The van der Waals surface area contributed by atoms with Crippen LogP contribution >= 0.6 is 0 Å². The van der Waals surface area contributed by atoms with E-state index in [4.69, 9.17) is 4.42 Å². The smallest absolute Gasteiger partial charge is 0.308 e. The largest absolute Gasteiger partial charge is 0.481 e. The van der Waals surface area contributed by atoms with E-state index in [2.05, 4.69) is 5.32 Å². The van der Waals surface area contributed by atoms with E-state index >= 15 is 0 Å². The Hall–Kier alpha value is -1.78. The molecule has 1 fully saturated rings. The predicted octanol–water partition coefficient (Wildman–Crippen LogP) is 2.04.